The van der Waals surface area contributed by atoms with Crippen molar-refractivity contribution in [1.29, 1.82) is 0 Å². The summed E-state index contributed by atoms with van der Waals surface area (Å²) in [7, 11) is 0. The van der Waals surface area contributed by atoms with Crippen molar-refractivity contribution in [3.05, 3.63) is 85.1 Å². The van der Waals surface area contributed by atoms with E-state index in [4.69, 9.17) is 14.2 Å². The smallest absolute Gasteiger partial charge is 0.306 e. The molecule has 414 valence electrons. The first kappa shape index (κ1) is 68.6. The number of carbonyl (C=O) groups is 3. The van der Waals surface area contributed by atoms with E-state index in [1.165, 1.54) is 135 Å². The van der Waals surface area contributed by atoms with Crippen LogP contribution < -0.4 is 0 Å². The van der Waals surface area contributed by atoms with Gasteiger partial charge in [0.25, 0.3) is 0 Å². The maximum atomic E-state index is 12.9. The highest BCUT2D eigenvalue weighted by atomic mass is 16.6. The molecule has 0 aromatic carbocycles. The number of hydrogen-bond acceptors (Lipinski definition) is 6. The van der Waals surface area contributed by atoms with Crippen LogP contribution in [-0.2, 0) is 28.6 Å². The summed E-state index contributed by atoms with van der Waals surface area (Å²) in [5, 5.41) is 0. The fourth-order valence-electron chi connectivity index (χ4n) is 8.60. The zero-order chi connectivity index (χ0) is 52.2. The van der Waals surface area contributed by atoms with E-state index in [9.17, 15) is 14.4 Å². The molecule has 0 bridgehead atoms. The molecule has 0 radical (unpaired) electrons. The zero-order valence-corrected chi connectivity index (χ0v) is 47.4. The Morgan fingerprint density at radius 1 is 0.292 bits per heavy atom. The molecule has 6 heteroatoms. The quantitative estimate of drug-likeness (QED) is 0.0261. The van der Waals surface area contributed by atoms with Crippen LogP contribution in [0.2, 0.25) is 0 Å². The predicted molar refractivity (Wildman–Crippen MR) is 311 cm³/mol. The van der Waals surface area contributed by atoms with Crippen molar-refractivity contribution in [2.45, 2.75) is 303 Å². The van der Waals surface area contributed by atoms with E-state index in [1.54, 1.807) is 0 Å². The van der Waals surface area contributed by atoms with Crippen LogP contribution in [0.3, 0.4) is 0 Å². The van der Waals surface area contributed by atoms with Gasteiger partial charge in [0.05, 0.1) is 0 Å². The number of rotatable bonds is 55. The molecule has 1 atom stereocenters. The first-order valence-corrected chi connectivity index (χ1v) is 30.6. The van der Waals surface area contributed by atoms with Gasteiger partial charge in [0.2, 0.25) is 0 Å². The third-order valence-electron chi connectivity index (χ3n) is 13.2. The Balaban J connectivity index is 4.32. The largest absolute Gasteiger partial charge is 0.462 e. The van der Waals surface area contributed by atoms with E-state index >= 15 is 0 Å². The van der Waals surface area contributed by atoms with Gasteiger partial charge in [0.1, 0.15) is 13.2 Å². The third kappa shape index (κ3) is 57.5. The molecule has 0 fully saturated rings. The first-order valence-electron chi connectivity index (χ1n) is 30.6. The normalized spacial score (nSPS) is 12.7. The topological polar surface area (TPSA) is 78.9 Å². The summed E-state index contributed by atoms with van der Waals surface area (Å²) in [5.41, 5.74) is 0. The van der Waals surface area contributed by atoms with Crippen LogP contribution >= 0.6 is 0 Å². The van der Waals surface area contributed by atoms with Crippen molar-refractivity contribution in [2.24, 2.45) is 0 Å². The monoisotopic (exact) mass is 1000 g/mol. The molecule has 0 aliphatic rings. The summed E-state index contributed by atoms with van der Waals surface area (Å²) in [5.74, 6) is -0.887. The predicted octanol–water partition coefficient (Wildman–Crippen LogP) is 20.7. The van der Waals surface area contributed by atoms with Gasteiger partial charge in [-0.3, -0.25) is 14.4 Å². The molecule has 0 saturated heterocycles. The number of hydrogen-bond donors (Lipinski definition) is 0. The van der Waals surface area contributed by atoms with Crippen LogP contribution in [0.15, 0.2) is 85.1 Å². The first-order chi connectivity index (χ1) is 35.5. The molecule has 0 saturated carbocycles. The van der Waals surface area contributed by atoms with E-state index in [-0.39, 0.29) is 31.1 Å². The van der Waals surface area contributed by atoms with Crippen LogP contribution in [0.4, 0.5) is 0 Å². The van der Waals surface area contributed by atoms with E-state index in [0.717, 1.165) is 122 Å². The average molecular weight is 1000 g/mol. The van der Waals surface area contributed by atoms with E-state index < -0.39 is 6.10 Å². The molecule has 0 spiro atoms. The molecule has 6 nitrogen and oxygen atoms in total. The van der Waals surface area contributed by atoms with Gasteiger partial charge in [-0.15, -0.1) is 0 Å². The second-order valence-electron chi connectivity index (χ2n) is 20.2. The summed E-state index contributed by atoms with van der Waals surface area (Å²) in [6, 6.07) is 0. The number of esters is 3. The Morgan fingerprint density at radius 3 is 0.847 bits per heavy atom. The van der Waals surface area contributed by atoms with Crippen LogP contribution in [0, 0.1) is 0 Å². The minimum Gasteiger partial charge on any atom is -0.462 e. The molecule has 0 rings (SSSR count). The van der Waals surface area contributed by atoms with Crippen LogP contribution in [0.25, 0.3) is 0 Å². The number of carbonyl (C=O) groups excluding carboxylic acids is 3. The van der Waals surface area contributed by atoms with Crippen molar-refractivity contribution in [3.63, 3.8) is 0 Å². The van der Waals surface area contributed by atoms with E-state index in [2.05, 4.69) is 106 Å². The van der Waals surface area contributed by atoms with Gasteiger partial charge in [-0.2, -0.15) is 0 Å². The Kier molecular flexibility index (Phi) is 57.3. The molecule has 0 heterocycles. The van der Waals surface area contributed by atoms with E-state index in [1.807, 2.05) is 0 Å². The molecule has 0 aliphatic carbocycles. The van der Waals surface area contributed by atoms with Crippen molar-refractivity contribution >= 4 is 17.9 Å². The summed E-state index contributed by atoms with van der Waals surface area (Å²) < 4.78 is 16.9. The van der Waals surface area contributed by atoms with Crippen molar-refractivity contribution in [3.8, 4) is 0 Å². The minimum atomic E-state index is -0.781. The van der Waals surface area contributed by atoms with Crippen molar-refractivity contribution in [1.82, 2.24) is 0 Å². The van der Waals surface area contributed by atoms with Gasteiger partial charge in [0, 0.05) is 19.3 Å². The molecule has 0 aromatic heterocycles. The average Bonchev–Trinajstić information content (AvgIpc) is 3.38. The van der Waals surface area contributed by atoms with Crippen LogP contribution in [0.1, 0.15) is 297 Å². The molecular weight excluding hydrogens is 889 g/mol. The summed E-state index contributed by atoms with van der Waals surface area (Å²) >= 11 is 0. The molecule has 0 N–H and O–H groups in total. The molecule has 1 unspecified atom stereocenters. The number of unbranched alkanes of at least 4 members (excludes halogenated alkanes) is 30. The number of ether oxygens (including phenoxy) is 3. The van der Waals surface area contributed by atoms with Gasteiger partial charge in [-0.1, -0.05) is 286 Å². The highest BCUT2D eigenvalue weighted by Crippen LogP contribution is 2.16. The molecular formula is C66H114O6. The maximum absolute atomic E-state index is 12.9. The van der Waals surface area contributed by atoms with Gasteiger partial charge in [0.15, 0.2) is 6.10 Å². The highest BCUT2D eigenvalue weighted by molar-refractivity contribution is 5.71. The van der Waals surface area contributed by atoms with Crippen molar-refractivity contribution in [2.75, 3.05) is 13.2 Å². The summed E-state index contributed by atoms with van der Waals surface area (Å²) in [6.07, 6.45) is 78.6. The minimum absolute atomic E-state index is 0.0786. The Bertz CT molecular complexity index is 1380. The molecule has 0 aliphatic heterocycles. The summed E-state index contributed by atoms with van der Waals surface area (Å²) in [4.78, 5) is 38.2. The lowest BCUT2D eigenvalue weighted by atomic mass is 10.0. The van der Waals surface area contributed by atoms with Gasteiger partial charge < -0.3 is 14.2 Å². The SMILES string of the molecule is CC/C=C\C/C=C\C/C=C\C/C=C\C/C=C\C/C=C\C/C=C\CCCCCCCC(=O)OCC(COC(=O)CCCCCCCCCCCCCC)OC(=O)CCCCCCCCCCCCCCCCC. The van der Waals surface area contributed by atoms with Gasteiger partial charge in [-0.25, -0.2) is 0 Å². The zero-order valence-electron chi connectivity index (χ0n) is 47.4. The number of allylic oxidation sites excluding steroid dienone is 14. The van der Waals surface area contributed by atoms with E-state index in [0.29, 0.717) is 19.3 Å². The lowest BCUT2D eigenvalue weighted by molar-refractivity contribution is -0.167. The summed E-state index contributed by atoms with van der Waals surface area (Å²) in [6.45, 7) is 6.53. The van der Waals surface area contributed by atoms with Crippen LogP contribution in [0.5, 0.6) is 0 Å². The molecule has 72 heavy (non-hydrogen) atoms. The highest BCUT2D eigenvalue weighted by Gasteiger charge is 2.19. The Morgan fingerprint density at radius 2 is 0.542 bits per heavy atom. The Labute approximate surface area is 445 Å². The second kappa shape index (κ2) is 60.1. The van der Waals surface area contributed by atoms with Gasteiger partial charge in [-0.05, 0) is 77.0 Å². The fraction of sp³-hybridized carbons (Fsp3) is 0.742. The van der Waals surface area contributed by atoms with Gasteiger partial charge >= 0.3 is 17.9 Å². The Hall–Kier alpha value is -3.41. The maximum Gasteiger partial charge on any atom is 0.306 e. The lowest BCUT2D eigenvalue weighted by Gasteiger charge is -2.18. The third-order valence-corrected chi connectivity index (χ3v) is 13.2. The molecule has 0 amide bonds. The van der Waals surface area contributed by atoms with Crippen molar-refractivity contribution < 1.29 is 28.6 Å². The fourth-order valence-corrected chi connectivity index (χ4v) is 8.60. The lowest BCUT2D eigenvalue weighted by Crippen LogP contribution is -2.30. The standard InChI is InChI=1S/C66H114O6/c1-4-7-10-13-16-19-22-25-27-28-29-30-31-32-33-34-35-36-37-38-40-41-44-47-50-53-56-59-65(68)71-62-63(61-70-64(67)58-55-52-49-46-43-24-21-18-15-12-9-6-3)72-66(69)60-57-54-51-48-45-42-39-26-23-20-17-14-11-8-5-2/h7,10,16,19,25,27,29-30,32-33,35-36,38,40,63H,4-6,8-9,11-15,17-18,20-24,26,28,31,34,37,39,41-62H2,1-3H3/b10-7-,19-16-,27-25-,30-29-,33-32-,36-35-,40-38-. The second-order valence-corrected chi connectivity index (χ2v) is 20.2. The molecule has 0 aromatic rings. The van der Waals surface area contributed by atoms with Crippen LogP contribution in [-0.4, -0.2) is 37.2 Å².